The number of fused-ring (bicyclic) bond motifs is 1. The van der Waals surface area contributed by atoms with E-state index in [4.69, 9.17) is 10.2 Å². The molecule has 3 rings (SSSR count). The molecule has 0 aliphatic carbocycles. The smallest absolute Gasteiger partial charge is 0.190 e. The molecule has 0 aromatic carbocycles. The van der Waals surface area contributed by atoms with Crippen LogP contribution in [0.5, 0.6) is 0 Å². The molecule has 0 aliphatic heterocycles. The summed E-state index contributed by atoms with van der Waals surface area (Å²) in [7, 11) is 0. The van der Waals surface area contributed by atoms with Crippen molar-refractivity contribution in [3.05, 3.63) is 42.0 Å². The van der Waals surface area contributed by atoms with Crippen LogP contribution in [0.15, 0.2) is 40.2 Å². The zero-order chi connectivity index (χ0) is 14.1. The van der Waals surface area contributed by atoms with Gasteiger partial charge in [-0.25, -0.2) is 9.97 Å². The Balaban J connectivity index is 1.86. The summed E-state index contributed by atoms with van der Waals surface area (Å²) in [5.41, 5.74) is 8.37. The predicted octanol–water partition coefficient (Wildman–Crippen LogP) is 3.36. The van der Waals surface area contributed by atoms with Crippen molar-refractivity contribution in [1.29, 1.82) is 0 Å². The van der Waals surface area contributed by atoms with E-state index < -0.39 is 0 Å². The van der Waals surface area contributed by atoms with Crippen molar-refractivity contribution in [3.8, 4) is 0 Å². The molecule has 1 atom stereocenters. The number of furan rings is 1. The number of anilines is 1. The molecule has 0 radical (unpaired) electrons. The number of rotatable bonds is 3. The van der Waals surface area contributed by atoms with Gasteiger partial charge in [0.25, 0.3) is 0 Å². The molecular weight excluding hydrogens is 272 g/mol. The van der Waals surface area contributed by atoms with Crippen LogP contribution in [0, 0.1) is 6.92 Å². The molecule has 2 N–H and O–H groups in total. The molecule has 0 spiro atoms. The largest absolute Gasteiger partial charge is 0.463 e. The zero-order valence-electron chi connectivity index (χ0n) is 11.2. The fourth-order valence-electron chi connectivity index (χ4n) is 1.94. The van der Waals surface area contributed by atoms with Gasteiger partial charge in [-0.05, 0) is 26.0 Å². The lowest BCUT2D eigenvalue weighted by molar-refractivity contribution is 0.614. The third-order valence-electron chi connectivity index (χ3n) is 2.91. The Hall–Kier alpha value is -2.08. The zero-order valence-corrected chi connectivity index (χ0v) is 12.0. The lowest BCUT2D eigenvalue weighted by atomic mass is 10.2. The summed E-state index contributed by atoms with van der Waals surface area (Å²) in [6.07, 6.45) is 3.41. The molecule has 0 saturated carbocycles. The van der Waals surface area contributed by atoms with E-state index in [2.05, 4.69) is 21.9 Å². The van der Waals surface area contributed by atoms with Gasteiger partial charge in [0.1, 0.15) is 5.82 Å². The molecule has 102 valence electrons. The highest BCUT2D eigenvalue weighted by Gasteiger charge is 2.13. The van der Waals surface area contributed by atoms with E-state index >= 15 is 0 Å². The summed E-state index contributed by atoms with van der Waals surface area (Å²) in [5, 5.41) is 1.85. The molecule has 0 saturated heterocycles. The fourth-order valence-corrected chi connectivity index (χ4v) is 2.86. The van der Waals surface area contributed by atoms with Crippen LogP contribution < -0.4 is 5.73 Å². The minimum Gasteiger partial charge on any atom is -0.463 e. The quantitative estimate of drug-likeness (QED) is 0.587. The second-order valence-electron chi connectivity index (χ2n) is 4.54. The van der Waals surface area contributed by atoms with Crippen molar-refractivity contribution in [1.82, 2.24) is 15.0 Å². The van der Waals surface area contributed by atoms with Crippen molar-refractivity contribution >= 4 is 28.5 Å². The molecule has 1 unspecified atom stereocenters. The first-order valence-corrected chi connectivity index (χ1v) is 7.11. The molecule has 3 aromatic heterocycles. The summed E-state index contributed by atoms with van der Waals surface area (Å²) in [6.45, 7) is 3.98. The Morgan fingerprint density at radius 1 is 1.30 bits per heavy atom. The summed E-state index contributed by atoms with van der Waals surface area (Å²) < 4.78 is 5.29. The molecule has 0 bridgehead atoms. The lowest BCUT2D eigenvalue weighted by Crippen LogP contribution is -1.99. The molecular formula is C14H14N4OS. The second kappa shape index (κ2) is 5.13. The van der Waals surface area contributed by atoms with Gasteiger partial charge >= 0.3 is 0 Å². The Morgan fingerprint density at radius 2 is 2.15 bits per heavy atom. The van der Waals surface area contributed by atoms with Gasteiger partial charge in [-0.2, -0.15) is 0 Å². The highest BCUT2D eigenvalue weighted by Crippen LogP contribution is 2.33. The van der Waals surface area contributed by atoms with Crippen LogP contribution in [0.3, 0.4) is 0 Å². The van der Waals surface area contributed by atoms with Crippen molar-refractivity contribution < 1.29 is 4.42 Å². The van der Waals surface area contributed by atoms with Gasteiger partial charge in [-0.3, -0.25) is 4.98 Å². The van der Waals surface area contributed by atoms with E-state index in [0.29, 0.717) is 11.0 Å². The van der Waals surface area contributed by atoms with Crippen LogP contribution in [-0.4, -0.2) is 15.0 Å². The van der Waals surface area contributed by atoms with Gasteiger partial charge in [0.05, 0.1) is 23.4 Å². The molecule has 0 fully saturated rings. The Labute approximate surface area is 120 Å². The van der Waals surface area contributed by atoms with E-state index in [9.17, 15) is 0 Å². The summed E-state index contributed by atoms with van der Waals surface area (Å²) in [6, 6.07) is 5.71. The van der Waals surface area contributed by atoms with Crippen LogP contribution >= 0.6 is 11.8 Å². The predicted molar refractivity (Wildman–Crippen MR) is 79.5 cm³/mol. The number of aromatic nitrogens is 3. The Bertz CT molecular complexity index is 736. The summed E-state index contributed by atoms with van der Waals surface area (Å²) >= 11 is 1.54. The highest BCUT2D eigenvalue weighted by molar-refractivity contribution is 7.99. The number of nitrogen functional groups attached to an aromatic ring is 1. The molecule has 3 heterocycles. The number of hydrogen-bond acceptors (Lipinski definition) is 6. The number of nitrogens with zero attached hydrogens (tertiary/aromatic N) is 3. The van der Waals surface area contributed by atoms with Gasteiger partial charge < -0.3 is 10.2 Å². The molecule has 20 heavy (non-hydrogen) atoms. The minimum absolute atomic E-state index is 0.135. The van der Waals surface area contributed by atoms with E-state index in [-0.39, 0.29) is 5.25 Å². The maximum absolute atomic E-state index is 5.74. The first-order valence-electron chi connectivity index (χ1n) is 6.23. The first-order chi connectivity index (χ1) is 9.61. The minimum atomic E-state index is 0.135. The third kappa shape index (κ3) is 2.60. The van der Waals surface area contributed by atoms with Gasteiger partial charge in [0, 0.05) is 17.1 Å². The molecule has 3 aromatic rings. The topological polar surface area (TPSA) is 77.8 Å². The summed E-state index contributed by atoms with van der Waals surface area (Å²) in [5.74, 6) is 0.491. The normalized spacial score (nSPS) is 12.7. The molecule has 0 aliphatic rings. The molecule has 0 amide bonds. The van der Waals surface area contributed by atoms with Gasteiger partial charge in [-0.1, -0.05) is 11.8 Å². The Morgan fingerprint density at radius 3 is 2.95 bits per heavy atom. The van der Waals surface area contributed by atoms with Crippen LogP contribution in [0.1, 0.15) is 23.6 Å². The monoisotopic (exact) mass is 286 g/mol. The summed E-state index contributed by atoms with van der Waals surface area (Å²) in [4.78, 5) is 13.0. The van der Waals surface area contributed by atoms with E-state index in [0.717, 1.165) is 22.4 Å². The van der Waals surface area contributed by atoms with Crippen molar-refractivity contribution in [2.75, 3.05) is 5.73 Å². The van der Waals surface area contributed by atoms with E-state index in [1.807, 2.05) is 19.1 Å². The number of pyridine rings is 1. The molecule has 5 nitrogen and oxygen atoms in total. The van der Waals surface area contributed by atoms with Gasteiger partial charge in [-0.15, -0.1) is 0 Å². The van der Waals surface area contributed by atoms with Crippen molar-refractivity contribution in [2.24, 2.45) is 0 Å². The second-order valence-corrected chi connectivity index (χ2v) is 5.85. The van der Waals surface area contributed by atoms with Crippen LogP contribution in [0.4, 0.5) is 5.82 Å². The van der Waals surface area contributed by atoms with E-state index in [1.165, 1.54) is 0 Å². The van der Waals surface area contributed by atoms with Crippen molar-refractivity contribution in [2.45, 2.75) is 24.3 Å². The van der Waals surface area contributed by atoms with Gasteiger partial charge in [0.15, 0.2) is 10.7 Å². The van der Waals surface area contributed by atoms with Gasteiger partial charge in [0.2, 0.25) is 0 Å². The third-order valence-corrected chi connectivity index (χ3v) is 3.90. The standard InChI is InChI=1S/C14H14N4OS/c1-8-5-13(15)18-14(17-8)20-9(2)11-6-10-3-4-19-12(10)7-16-11/h3-7,9H,1-2H3,(H2,15,17,18). The maximum Gasteiger partial charge on any atom is 0.190 e. The number of thioether (sulfide) groups is 1. The highest BCUT2D eigenvalue weighted by atomic mass is 32.2. The maximum atomic E-state index is 5.74. The van der Waals surface area contributed by atoms with E-state index in [1.54, 1.807) is 30.3 Å². The van der Waals surface area contributed by atoms with Crippen LogP contribution in [0.2, 0.25) is 0 Å². The van der Waals surface area contributed by atoms with Crippen molar-refractivity contribution in [3.63, 3.8) is 0 Å². The lowest BCUT2D eigenvalue weighted by Gasteiger charge is -2.10. The number of hydrogen-bond donors (Lipinski definition) is 1. The molecule has 6 heteroatoms. The number of aryl methyl sites for hydroxylation is 1. The average Bonchev–Trinajstić information content (AvgIpc) is 2.84. The average molecular weight is 286 g/mol. The Kier molecular flexibility index (Phi) is 3.31. The SMILES string of the molecule is Cc1cc(N)nc(SC(C)c2cc3ccoc3cn2)n1. The number of nitrogens with two attached hydrogens (primary N) is 1. The van der Waals surface area contributed by atoms with Crippen LogP contribution in [-0.2, 0) is 0 Å². The van der Waals surface area contributed by atoms with Crippen LogP contribution in [0.25, 0.3) is 11.0 Å². The first kappa shape index (κ1) is 12.9. The fraction of sp³-hybridized carbons (Fsp3) is 0.214.